The van der Waals surface area contributed by atoms with E-state index in [2.05, 4.69) is 18.2 Å². The monoisotopic (exact) mass is 224 g/mol. The molecule has 0 radical (unpaired) electrons. The predicted molar refractivity (Wildman–Crippen MR) is 63.2 cm³/mol. The fraction of sp³-hybridized carbons (Fsp3) is 0.636. The molecule has 0 unspecified atom stereocenters. The van der Waals surface area contributed by atoms with Gasteiger partial charge >= 0.3 is 35.0 Å². The van der Waals surface area contributed by atoms with Gasteiger partial charge in [0.1, 0.15) is 0 Å². The SMILES string of the molecule is C=CC(=O)OC(=O)CCCCCCC.[MgH2]. The molecule has 0 fully saturated rings. The molecule has 15 heavy (non-hydrogen) atoms. The Labute approximate surface area is 107 Å². The predicted octanol–water partition coefficient (Wildman–Crippen LogP) is 1.69. The Kier molecular flexibility index (Phi) is 13.3. The molecule has 0 saturated heterocycles. The summed E-state index contributed by atoms with van der Waals surface area (Å²) < 4.78 is 4.41. The van der Waals surface area contributed by atoms with Gasteiger partial charge in [-0.15, -0.1) is 0 Å². The van der Waals surface area contributed by atoms with E-state index >= 15 is 0 Å². The molecule has 0 aliphatic rings. The standard InChI is InChI=1S/C11H18O3.Mg.2H/c1-3-5-6-7-8-9-11(13)14-10(12)4-2;;;/h4H,2-3,5-9H2,1H3;;;. The topological polar surface area (TPSA) is 43.4 Å². The summed E-state index contributed by atoms with van der Waals surface area (Å²) in [7, 11) is 0. The fourth-order valence-corrected chi connectivity index (χ4v) is 1.08. The van der Waals surface area contributed by atoms with Gasteiger partial charge in [0.05, 0.1) is 0 Å². The maximum Gasteiger partial charge on any atom is 0.337 e. The van der Waals surface area contributed by atoms with E-state index in [0.717, 1.165) is 25.3 Å². The van der Waals surface area contributed by atoms with Crippen LogP contribution in [0.2, 0.25) is 0 Å². The Bertz CT molecular complexity index is 202. The maximum absolute atomic E-state index is 11.0. The van der Waals surface area contributed by atoms with E-state index in [4.69, 9.17) is 0 Å². The van der Waals surface area contributed by atoms with Crippen LogP contribution in [-0.4, -0.2) is 35.0 Å². The van der Waals surface area contributed by atoms with Gasteiger partial charge in [-0.2, -0.15) is 0 Å². The third kappa shape index (κ3) is 11.6. The van der Waals surface area contributed by atoms with Gasteiger partial charge in [-0.25, -0.2) is 4.79 Å². The summed E-state index contributed by atoms with van der Waals surface area (Å²) in [6, 6.07) is 0. The van der Waals surface area contributed by atoms with Crippen LogP contribution in [0.5, 0.6) is 0 Å². The van der Waals surface area contributed by atoms with Crippen LogP contribution in [0.25, 0.3) is 0 Å². The Morgan fingerprint density at radius 2 is 1.80 bits per heavy atom. The Morgan fingerprint density at radius 3 is 2.33 bits per heavy atom. The highest BCUT2D eigenvalue weighted by Gasteiger charge is 2.05. The summed E-state index contributed by atoms with van der Waals surface area (Å²) in [6.07, 6.45) is 6.64. The molecule has 0 aromatic heterocycles. The smallest absolute Gasteiger partial charge is 0.337 e. The number of ether oxygens (including phenoxy) is 1. The average Bonchev–Trinajstić information content (AvgIpc) is 2.17. The summed E-state index contributed by atoms with van der Waals surface area (Å²) in [5, 5.41) is 0. The lowest BCUT2D eigenvalue weighted by atomic mass is 10.1. The highest BCUT2D eigenvalue weighted by molar-refractivity contribution is 5.91. The molecule has 0 aromatic carbocycles. The Hall–Kier alpha value is -0.354. The number of hydrogen-bond donors (Lipinski definition) is 0. The summed E-state index contributed by atoms with van der Waals surface area (Å²) >= 11 is 0. The molecule has 0 aliphatic heterocycles. The van der Waals surface area contributed by atoms with Crippen molar-refractivity contribution in [1.29, 1.82) is 0 Å². The van der Waals surface area contributed by atoms with E-state index in [9.17, 15) is 9.59 Å². The van der Waals surface area contributed by atoms with Crippen molar-refractivity contribution in [1.82, 2.24) is 0 Å². The zero-order chi connectivity index (χ0) is 10.8. The van der Waals surface area contributed by atoms with Crippen LogP contribution >= 0.6 is 0 Å². The minimum Gasteiger partial charge on any atom is -0.390 e. The lowest BCUT2D eigenvalue weighted by Crippen LogP contribution is -2.09. The quantitative estimate of drug-likeness (QED) is 0.217. The number of carbonyl (C=O) groups is 2. The summed E-state index contributed by atoms with van der Waals surface area (Å²) in [6.45, 7) is 5.34. The second-order valence-electron chi connectivity index (χ2n) is 3.16. The minimum atomic E-state index is -0.663. The van der Waals surface area contributed by atoms with Crippen molar-refractivity contribution in [3.63, 3.8) is 0 Å². The van der Waals surface area contributed by atoms with Crippen molar-refractivity contribution in [2.45, 2.75) is 45.4 Å². The first-order valence-corrected chi connectivity index (χ1v) is 5.07. The van der Waals surface area contributed by atoms with E-state index < -0.39 is 11.9 Å². The molecule has 0 amide bonds. The van der Waals surface area contributed by atoms with E-state index in [1.165, 1.54) is 12.8 Å². The first-order chi connectivity index (χ1) is 6.70. The molecule has 84 valence electrons. The van der Waals surface area contributed by atoms with Crippen molar-refractivity contribution in [3.05, 3.63) is 12.7 Å². The van der Waals surface area contributed by atoms with Crippen LogP contribution < -0.4 is 0 Å². The molecule has 0 spiro atoms. The van der Waals surface area contributed by atoms with Gasteiger partial charge in [-0.3, -0.25) is 4.79 Å². The Morgan fingerprint density at radius 1 is 1.20 bits per heavy atom. The number of esters is 2. The zero-order valence-electron chi connectivity index (χ0n) is 8.75. The molecule has 3 nitrogen and oxygen atoms in total. The molecular formula is C11H20MgO3. The van der Waals surface area contributed by atoms with Crippen LogP contribution in [-0.2, 0) is 14.3 Å². The maximum atomic E-state index is 11.0. The molecule has 0 bridgehead atoms. The zero-order valence-corrected chi connectivity index (χ0v) is 8.75. The third-order valence-corrected chi connectivity index (χ3v) is 1.87. The molecule has 4 heteroatoms. The highest BCUT2D eigenvalue weighted by Crippen LogP contribution is 2.05. The molecule has 0 atom stereocenters. The summed E-state index contributed by atoms with van der Waals surface area (Å²) in [5.74, 6) is -1.12. The molecule has 0 aromatic rings. The van der Waals surface area contributed by atoms with Gasteiger partial charge in [-0.1, -0.05) is 39.2 Å². The van der Waals surface area contributed by atoms with E-state index in [1.54, 1.807) is 0 Å². The number of unbranched alkanes of at least 4 members (excludes halogenated alkanes) is 4. The van der Waals surface area contributed by atoms with Crippen LogP contribution in [0.15, 0.2) is 12.7 Å². The minimum absolute atomic E-state index is 0. The normalized spacial score (nSPS) is 8.87. The van der Waals surface area contributed by atoms with E-state index in [-0.39, 0.29) is 23.1 Å². The van der Waals surface area contributed by atoms with Crippen molar-refractivity contribution >= 4 is 35.0 Å². The first kappa shape index (κ1) is 17.1. The molecular weight excluding hydrogens is 204 g/mol. The van der Waals surface area contributed by atoms with Gasteiger partial charge < -0.3 is 4.74 Å². The van der Waals surface area contributed by atoms with Gasteiger partial charge in [-0.05, 0) is 6.42 Å². The molecule has 0 rings (SSSR count). The van der Waals surface area contributed by atoms with Crippen LogP contribution in [0.4, 0.5) is 0 Å². The van der Waals surface area contributed by atoms with Crippen molar-refractivity contribution in [2.75, 3.05) is 0 Å². The van der Waals surface area contributed by atoms with Crippen molar-refractivity contribution in [2.24, 2.45) is 0 Å². The summed E-state index contributed by atoms with van der Waals surface area (Å²) in [4.78, 5) is 21.6. The van der Waals surface area contributed by atoms with Crippen LogP contribution in [0, 0.1) is 0 Å². The number of hydrogen-bond acceptors (Lipinski definition) is 3. The molecule has 0 N–H and O–H groups in total. The molecule has 0 heterocycles. The van der Waals surface area contributed by atoms with Crippen molar-refractivity contribution < 1.29 is 14.3 Å². The lowest BCUT2D eigenvalue weighted by molar-refractivity contribution is -0.156. The van der Waals surface area contributed by atoms with Gasteiger partial charge in [0.15, 0.2) is 0 Å². The van der Waals surface area contributed by atoms with Crippen molar-refractivity contribution in [3.8, 4) is 0 Å². The lowest BCUT2D eigenvalue weighted by Gasteiger charge is -2.00. The fourth-order valence-electron chi connectivity index (χ4n) is 1.08. The van der Waals surface area contributed by atoms with Crippen LogP contribution in [0.1, 0.15) is 45.4 Å². The number of rotatable bonds is 7. The largest absolute Gasteiger partial charge is 0.390 e. The van der Waals surface area contributed by atoms with E-state index in [0.29, 0.717) is 6.42 Å². The Balaban J connectivity index is 0. The van der Waals surface area contributed by atoms with Crippen LogP contribution in [0.3, 0.4) is 0 Å². The van der Waals surface area contributed by atoms with Gasteiger partial charge in [0, 0.05) is 12.5 Å². The molecule has 0 saturated carbocycles. The van der Waals surface area contributed by atoms with Gasteiger partial charge in [0.25, 0.3) is 0 Å². The second kappa shape index (κ2) is 11.7. The van der Waals surface area contributed by atoms with Gasteiger partial charge in [0.2, 0.25) is 0 Å². The first-order valence-electron chi connectivity index (χ1n) is 5.07. The molecule has 0 aliphatic carbocycles. The third-order valence-electron chi connectivity index (χ3n) is 1.87. The van der Waals surface area contributed by atoms with E-state index in [1.807, 2.05) is 0 Å². The second-order valence-corrected chi connectivity index (χ2v) is 3.16. The average molecular weight is 225 g/mol. The highest BCUT2D eigenvalue weighted by atomic mass is 24.3. The summed E-state index contributed by atoms with van der Waals surface area (Å²) in [5.41, 5.74) is 0. The number of carbonyl (C=O) groups excluding carboxylic acids is 2.